The molecule has 0 saturated carbocycles. The number of hydrogen-bond acceptors (Lipinski definition) is 11. The number of benzene rings is 2. The Kier molecular flexibility index (Phi) is 12.4. The topological polar surface area (TPSA) is 138 Å². The lowest BCUT2D eigenvalue weighted by Gasteiger charge is -2.34. The number of piperidine rings is 2. The standard InChI is InChI=1S/C46H52N4O9/c1-29(51)32-10-12-35(13-11-32)56-16-17-57-36-19-30(27-58-43-23-39-37(21-41(43)54-2)45(52)49-14-6-4-8-33(49)25-47-39)18-31(20-36)28-59-44-24-40-38(22-42(44)55-3)46(53)50-15-7-5-9-34(50)26-48-40/h10-13,18-20,23-26,33-34,41-42H,4-9,14-17,21-22,27-28H2,1-3H3/t33-,34-,41?,42?/m1/s1. The molecule has 4 atom stereocenters. The van der Waals surface area contributed by atoms with E-state index in [0.29, 0.717) is 64.0 Å². The third kappa shape index (κ3) is 9.06. The second-order valence-corrected chi connectivity index (χ2v) is 15.7. The number of hydrogen-bond donors (Lipinski definition) is 0. The molecule has 0 N–H and O–H groups in total. The molecule has 2 aromatic rings. The van der Waals surface area contributed by atoms with E-state index in [0.717, 1.165) is 62.7 Å². The summed E-state index contributed by atoms with van der Waals surface area (Å²) in [6.45, 7) is 3.92. The van der Waals surface area contributed by atoms with Crippen LogP contribution in [0.3, 0.4) is 0 Å². The van der Waals surface area contributed by atoms with Crippen molar-refractivity contribution in [2.45, 2.75) is 95.8 Å². The molecule has 8 rings (SSSR count). The zero-order valence-corrected chi connectivity index (χ0v) is 34.0. The summed E-state index contributed by atoms with van der Waals surface area (Å²) in [4.78, 5) is 52.3. The largest absolute Gasteiger partial charge is 0.490 e. The van der Waals surface area contributed by atoms with Crippen molar-refractivity contribution < 1.29 is 42.8 Å². The molecular formula is C46H52N4O9. The number of carbonyl (C=O) groups excluding carboxylic acids is 3. The van der Waals surface area contributed by atoms with Crippen LogP contribution in [0.15, 0.2) is 98.7 Å². The number of Topliss-reactive ketones (excluding diaryl/α,β-unsaturated/α-hetero) is 1. The van der Waals surface area contributed by atoms with Gasteiger partial charge in [0.1, 0.15) is 61.7 Å². The van der Waals surface area contributed by atoms with E-state index in [1.165, 1.54) is 6.92 Å². The number of carbonyl (C=O) groups is 3. The fourth-order valence-corrected chi connectivity index (χ4v) is 8.53. The quantitative estimate of drug-likeness (QED) is 0.156. The Labute approximate surface area is 345 Å². The summed E-state index contributed by atoms with van der Waals surface area (Å²) in [5.74, 6) is 2.47. The van der Waals surface area contributed by atoms with Crippen LogP contribution in [-0.4, -0.2) is 105 Å². The van der Waals surface area contributed by atoms with Crippen LogP contribution in [0.1, 0.15) is 79.8 Å². The number of allylic oxidation sites excluding steroid dienone is 2. The average Bonchev–Trinajstić information content (AvgIpc) is 3.49. The fourth-order valence-electron chi connectivity index (χ4n) is 8.53. The summed E-state index contributed by atoms with van der Waals surface area (Å²) in [6.07, 6.45) is 13.3. The van der Waals surface area contributed by atoms with Crippen molar-refractivity contribution in [2.75, 3.05) is 40.5 Å². The normalized spacial score (nSPS) is 23.9. The number of nitrogens with zero attached hydrogens (tertiary/aromatic N) is 4. The molecule has 0 radical (unpaired) electrons. The highest BCUT2D eigenvalue weighted by molar-refractivity contribution is 5.99. The molecule has 2 aliphatic carbocycles. The van der Waals surface area contributed by atoms with Crippen molar-refractivity contribution in [1.29, 1.82) is 0 Å². The molecule has 0 aromatic heterocycles. The first kappa shape index (κ1) is 40.3. The molecule has 4 aliphatic heterocycles. The molecule has 59 heavy (non-hydrogen) atoms. The third-order valence-electron chi connectivity index (χ3n) is 11.8. The van der Waals surface area contributed by atoms with Crippen LogP contribution < -0.4 is 9.47 Å². The van der Waals surface area contributed by atoms with E-state index in [9.17, 15) is 14.4 Å². The number of ether oxygens (including phenoxy) is 6. The first-order valence-electron chi connectivity index (χ1n) is 20.7. The van der Waals surface area contributed by atoms with Gasteiger partial charge in [0, 0.05) is 81.4 Å². The fraction of sp³-hybridized carbons (Fsp3) is 0.457. The van der Waals surface area contributed by atoms with Gasteiger partial charge in [0.15, 0.2) is 5.78 Å². The molecule has 2 amide bonds. The van der Waals surface area contributed by atoms with Crippen molar-refractivity contribution in [3.05, 3.63) is 105 Å². The lowest BCUT2D eigenvalue weighted by molar-refractivity contribution is -0.130. The molecule has 0 spiro atoms. The van der Waals surface area contributed by atoms with Crippen molar-refractivity contribution >= 4 is 30.0 Å². The van der Waals surface area contributed by atoms with Crippen molar-refractivity contribution in [2.24, 2.45) is 9.98 Å². The highest BCUT2D eigenvalue weighted by Crippen LogP contribution is 2.35. The molecule has 6 aliphatic rings. The maximum atomic E-state index is 13.6. The molecular weight excluding hydrogens is 753 g/mol. The number of methoxy groups -OCH3 is 2. The zero-order valence-electron chi connectivity index (χ0n) is 34.0. The molecule has 13 heteroatoms. The van der Waals surface area contributed by atoms with E-state index in [-0.39, 0.29) is 56.1 Å². The second kappa shape index (κ2) is 18.2. The van der Waals surface area contributed by atoms with Gasteiger partial charge in [-0.15, -0.1) is 0 Å². The summed E-state index contributed by atoms with van der Waals surface area (Å²) in [6, 6.07) is 12.9. The molecule has 2 fully saturated rings. The van der Waals surface area contributed by atoms with Gasteiger partial charge in [0.25, 0.3) is 11.8 Å². The van der Waals surface area contributed by atoms with Gasteiger partial charge in [0.05, 0.1) is 23.5 Å². The van der Waals surface area contributed by atoms with Crippen LogP contribution in [0.25, 0.3) is 0 Å². The smallest absolute Gasteiger partial charge is 0.252 e. The van der Waals surface area contributed by atoms with Crippen molar-refractivity contribution in [3.63, 3.8) is 0 Å². The van der Waals surface area contributed by atoms with Gasteiger partial charge in [-0.05, 0) is 99.0 Å². The van der Waals surface area contributed by atoms with Gasteiger partial charge in [-0.2, -0.15) is 0 Å². The Bertz CT molecular complexity index is 2020. The lowest BCUT2D eigenvalue weighted by atomic mass is 9.95. The minimum absolute atomic E-state index is 0.00496. The molecule has 13 nitrogen and oxygen atoms in total. The van der Waals surface area contributed by atoms with Crippen LogP contribution in [0.5, 0.6) is 11.5 Å². The van der Waals surface area contributed by atoms with Crippen LogP contribution in [-0.2, 0) is 41.8 Å². The van der Waals surface area contributed by atoms with E-state index >= 15 is 0 Å². The molecule has 2 aromatic carbocycles. The number of rotatable bonds is 14. The van der Waals surface area contributed by atoms with Crippen molar-refractivity contribution in [1.82, 2.24) is 9.80 Å². The Morgan fingerprint density at radius 3 is 1.63 bits per heavy atom. The Morgan fingerprint density at radius 1 is 0.661 bits per heavy atom. The molecule has 2 saturated heterocycles. The molecule has 2 unspecified atom stereocenters. The summed E-state index contributed by atoms with van der Waals surface area (Å²) < 4.78 is 36.7. The van der Waals surface area contributed by atoms with E-state index in [4.69, 9.17) is 38.4 Å². The summed E-state index contributed by atoms with van der Waals surface area (Å²) in [5.41, 5.74) is 4.83. The molecule has 310 valence electrons. The van der Waals surface area contributed by atoms with E-state index in [2.05, 4.69) is 0 Å². The monoisotopic (exact) mass is 804 g/mol. The van der Waals surface area contributed by atoms with Crippen LogP contribution in [0, 0.1) is 0 Å². The Morgan fingerprint density at radius 2 is 1.15 bits per heavy atom. The number of ketones is 1. The summed E-state index contributed by atoms with van der Waals surface area (Å²) >= 11 is 0. The van der Waals surface area contributed by atoms with E-state index in [1.54, 1.807) is 38.5 Å². The number of amides is 2. The highest BCUT2D eigenvalue weighted by atomic mass is 16.5. The van der Waals surface area contributed by atoms with Crippen LogP contribution >= 0.6 is 0 Å². The van der Waals surface area contributed by atoms with Crippen LogP contribution in [0.2, 0.25) is 0 Å². The first-order chi connectivity index (χ1) is 28.8. The molecule has 4 heterocycles. The predicted octanol–water partition coefficient (Wildman–Crippen LogP) is 6.42. The highest BCUT2D eigenvalue weighted by Gasteiger charge is 2.37. The van der Waals surface area contributed by atoms with E-state index in [1.807, 2.05) is 52.6 Å². The minimum Gasteiger partial charge on any atom is -0.490 e. The van der Waals surface area contributed by atoms with Gasteiger partial charge in [-0.3, -0.25) is 24.4 Å². The number of aliphatic imine (C=N–C) groups is 2. The Balaban J connectivity index is 1.00. The third-order valence-corrected chi connectivity index (χ3v) is 11.8. The maximum Gasteiger partial charge on any atom is 0.252 e. The van der Waals surface area contributed by atoms with Gasteiger partial charge >= 0.3 is 0 Å². The van der Waals surface area contributed by atoms with Crippen molar-refractivity contribution in [3.8, 4) is 11.5 Å². The zero-order chi connectivity index (χ0) is 40.9. The Hall–Kier alpha value is -5.53. The van der Waals surface area contributed by atoms with Gasteiger partial charge in [-0.1, -0.05) is 0 Å². The average molecular weight is 805 g/mol. The summed E-state index contributed by atoms with van der Waals surface area (Å²) in [7, 11) is 3.25. The molecule has 0 bridgehead atoms. The van der Waals surface area contributed by atoms with Gasteiger partial charge < -0.3 is 38.2 Å². The van der Waals surface area contributed by atoms with Crippen LogP contribution in [0.4, 0.5) is 0 Å². The van der Waals surface area contributed by atoms with Gasteiger partial charge in [0.2, 0.25) is 0 Å². The van der Waals surface area contributed by atoms with Gasteiger partial charge in [-0.25, -0.2) is 0 Å². The minimum atomic E-state index is -0.444. The SMILES string of the molecule is COC1CC2=C(C=C1OCc1cc(COC3=CC4=C(CC3OC)C(=O)N3CCCC[C@@H]3C=N4)cc(OCCOc3ccc(C(C)=O)cc3)c1)N=C[C@H]1CCCCN1C2=O. The van der Waals surface area contributed by atoms with E-state index < -0.39 is 12.2 Å². The summed E-state index contributed by atoms with van der Waals surface area (Å²) in [5, 5.41) is 0. The first-order valence-corrected chi connectivity index (χ1v) is 20.7. The lowest BCUT2D eigenvalue weighted by Crippen LogP contribution is -2.45. The maximum absolute atomic E-state index is 13.6. The number of fused-ring (bicyclic) bond motifs is 2. The second-order valence-electron chi connectivity index (χ2n) is 15.7. The predicted molar refractivity (Wildman–Crippen MR) is 220 cm³/mol.